The summed E-state index contributed by atoms with van der Waals surface area (Å²) in [7, 11) is 0. The van der Waals surface area contributed by atoms with E-state index in [0.29, 0.717) is 37.7 Å². The number of hydrogen-bond donors (Lipinski definition) is 3. The largest absolute Gasteiger partial charge is 0.460 e. The smallest absolute Gasteiger partial charge is 0.306 e. The lowest BCUT2D eigenvalue weighted by molar-refractivity contribution is -0.141. The molecule has 0 bridgehead atoms. The highest BCUT2D eigenvalue weighted by Crippen LogP contribution is 2.24. The van der Waals surface area contributed by atoms with Crippen LogP contribution in [0.25, 0.3) is 10.9 Å². The summed E-state index contributed by atoms with van der Waals surface area (Å²) in [5, 5.41) is 19.7. The Labute approximate surface area is 181 Å². The van der Waals surface area contributed by atoms with E-state index >= 15 is 0 Å². The number of esters is 1. The van der Waals surface area contributed by atoms with E-state index in [0.717, 1.165) is 5.52 Å². The van der Waals surface area contributed by atoms with E-state index in [9.17, 15) is 14.4 Å². The Balaban J connectivity index is 1.83. The molecule has 1 aromatic carbocycles. The van der Waals surface area contributed by atoms with Crippen LogP contribution in [0.2, 0.25) is 0 Å². The molecule has 0 unspecified atom stereocenters. The van der Waals surface area contributed by atoms with Gasteiger partial charge in [-0.25, -0.2) is 0 Å². The number of nitrogens with zero attached hydrogens (tertiary/aromatic N) is 2. The Kier molecular flexibility index (Phi) is 6.94. The van der Waals surface area contributed by atoms with E-state index in [1.807, 2.05) is 45.0 Å². The molecular formula is C22H30N4O5. The number of carbonyl (C=O) groups is 3. The van der Waals surface area contributed by atoms with Crippen LogP contribution in [0, 0.1) is 5.41 Å². The van der Waals surface area contributed by atoms with Crippen molar-refractivity contribution in [3.63, 3.8) is 0 Å². The van der Waals surface area contributed by atoms with E-state index in [1.54, 1.807) is 4.68 Å². The summed E-state index contributed by atoms with van der Waals surface area (Å²) >= 11 is 0. The summed E-state index contributed by atoms with van der Waals surface area (Å²) in [6.45, 7) is 6.28. The second kappa shape index (κ2) is 9.47. The van der Waals surface area contributed by atoms with E-state index in [2.05, 4.69) is 15.7 Å². The minimum atomic E-state index is -0.779. The van der Waals surface area contributed by atoms with Crippen molar-refractivity contribution in [1.82, 2.24) is 20.4 Å². The summed E-state index contributed by atoms with van der Waals surface area (Å²) in [6.07, 6.45) is 1.17. The summed E-state index contributed by atoms with van der Waals surface area (Å²) in [6, 6.07) is 6.57. The quantitative estimate of drug-likeness (QED) is 0.430. The Hall–Kier alpha value is -2.94. The zero-order valence-corrected chi connectivity index (χ0v) is 18.2. The first-order valence-corrected chi connectivity index (χ1v) is 10.5. The van der Waals surface area contributed by atoms with Crippen LogP contribution in [0.15, 0.2) is 24.3 Å². The standard InChI is InChI=1S/C22H30N4O5/c1-22(2,3)19(21(30)23-11-6-12-27)24-20(29)18-15-7-4-5-8-16(15)26(25-18)13-14-9-10-17(28)31-14/h4-5,7-8,14,19,27H,6,9-13H2,1-3H3,(H,23,30)(H,24,29)/t14-,19-/m1/s1. The number of para-hydroxylation sites is 1. The fourth-order valence-corrected chi connectivity index (χ4v) is 3.61. The number of fused-ring (bicyclic) bond motifs is 1. The minimum Gasteiger partial charge on any atom is -0.460 e. The molecule has 31 heavy (non-hydrogen) atoms. The molecule has 2 heterocycles. The maximum atomic E-state index is 13.2. The molecule has 2 amide bonds. The van der Waals surface area contributed by atoms with Gasteiger partial charge in [-0.3, -0.25) is 19.1 Å². The molecule has 1 saturated heterocycles. The normalized spacial score (nSPS) is 17.4. The van der Waals surface area contributed by atoms with Gasteiger partial charge in [0.05, 0.1) is 12.1 Å². The molecular weight excluding hydrogens is 400 g/mol. The maximum Gasteiger partial charge on any atom is 0.306 e. The van der Waals surface area contributed by atoms with Crippen LogP contribution in [0.5, 0.6) is 0 Å². The van der Waals surface area contributed by atoms with E-state index in [4.69, 9.17) is 9.84 Å². The van der Waals surface area contributed by atoms with Crippen LogP contribution in [0.3, 0.4) is 0 Å². The van der Waals surface area contributed by atoms with Crippen molar-refractivity contribution in [3.05, 3.63) is 30.0 Å². The van der Waals surface area contributed by atoms with Crippen molar-refractivity contribution in [2.75, 3.05) is 13.2 Å². The van der Waals surface area contributed by atoms with Gasteiger partial charge < -0.3 is 20.5 Å². The second-order valence-corrected chi connectivity index (χ2v) is 8.84. The molecule has 1 aromatic heterocycles. The van der Waals surface area contributed by atoms with Gasteiger partial charge >= 0.3 is 5.97 Å². The second-order valence-electron chi connectivity index (χ2n) is 8.84. The summed E-state index contributed by atoms with van der Waals surface area (Å²) in [5.74, 6) is -0.980. The molecule has 1 fully saturated rings. The molecule has 0 radical (unpaired) electrons. The number of cyclic esters (lactones) is 1. The Morgan fingerprint density at radius 1 is 1.32 bits per heavy atom. The predicted octanol–water partition coefficient (Wildman–Crippen LogP) is 1.38. The summed E-state index contributed by atoms with van der Waals surface area (Å²) in [4.78, 5) is 37.3. The molecule has 9 heteroatoms. The molecule has 0 saturated carbocycles. The Morgan fingerprint density at radius 3 is 2.71 bits per heavy atom. The van der Waals surface area contributed by atoms with Crippen LogP contribution in [0.1, 0.15) is 50.5 Å². The van der Waals surface area contributed by atoms with Crippen LogP contribution >= 0.6 is 0 Å². The van der Waals surface area contributed by atoms with Gasteiger partial charge in [0.1, 0.15) is 12.1 Å². The average molecular weight is 431 g/mol. The summed E-state index contributed by atoms with van der Waals surface area (Å²) < 4.78 is 6.98. The Morgan fingerprint density at radius 2 is 2.06 bits per heavy atom. The Bertz CT molecular complexity index is 962. The van der Waals surface area contributed by atoms with E-state index < -0.39 is 17.4 Å². The molecule has 2 aromatic rings. The predicted molar refractivity (Wildman–Crippen MR) is 114 cm³/mol. The van der Waals surface area contributed by atoms with Gasteiger partial charge in [0.2, 0.25) is 5.91 Å². The first-order valence-electron chi connectivity index (χ1n) is 10.5. The van der Waals surface area contributed by atoms with Gasteiger partial charge in [-0.15, -0.1) is 0 Å². The van der Waals surface area contributed by atoms with Crippen molar-refractivity contribution in [2.24, 2.45) is 5.41 Å². The van der Waals surface area contributed by atoms with Crippen LogP contribution in [-0.2, 0) is 20.9 Å². The lowest BCUT2D eigenvalue weighted by atomic mass is 9.86. The van der Waals surface area contributed by atoms with Gasteiger partial charge in [-0.2, -0.15) is 5.10 Å². The number of ether oxygens (including phenoxy) is 1. The number of aromatic nitrogens is 2. The molecule has 1 aliphatic rings. The summed E-state index contributed by atoms with van der Waals surface area (Å²) in [5.41, 5.74) is 0.447. The number of hydrogen-bond acceptors (Lipinski definition) is 6. The third-order valence-corrected chi connectivity index (χ3v) is 5.26. The maximum absolute atomic E-state index is 13.2. The van der Waals surface area contributed by atoms with E-state index in [1.165, 1.54) is 0 Å². The van der Waals surface area contributed by atoms with Crippen molar-refractivity contribution in [3.8, 4) is 0 Å². The zero-order valence-electron chi connectivity index (χ0n) is 18.2. The number of carbonyl (C=O) groups excluding carboxylic acids is 3. The van der Waals surface area contributed by atoms with E-state index in [-0.39, 0.29) is 30.3 Å². The number of rotatable bonds is 8. The third kappa shape index (κ3) is 5.41. The van der Waals surface area contributed by atoms with Crippen molar-refractivity contribution in [2.45, 2.75) is 58.7 Å². The molecule has 168 valence electrons. The lowest BCUT2D eigenvalue weighted by Gasteiger charge is -2.30. The first kappa shape index (κ1) is 22.7. The molecule has 3 N–H and O–H groups in total. The average Bonchev–Trinajstić information content (AvgIpc) is 3.29. The molecule has 3 rings (SSSR count). The lowest BCUT2D eigenvalue weighted by Crippen LogP contribution is -2.53. The number of nitrogens with one attached hydrogen (secondary N) is 2. The van der Waals surface area contributed by atoms with Crippen molar-refractivity contribution < 1.29 is 24.2 Å². The highest BCUT2D eigenvalue weighted by Gasteiger charge is 2.34. The highest BCUT2D eigenvalue weighted by molar-refractivity contribution is 6.06. The molecule has 2 atom stereocenters. The van der Waals surface area contributed by atoms with Gasteiger partial charge in [-0.05, 0) is 24.3 Å². The number of benzene rings is 1. The molecule has 0 spiro atoms. The fourth-order valence-electron chi connectivity index (χ4n) is 3.61. The van der Waals surface area contributed by atoms with Gasteiger partial charge in [0.15, 0.2) is 5.69 Å². The van der Waals surface area contributed by atoms with Crippen LogP contribution in [-0.4, -0.2) is 58.0 Å². The van der Waals surface area contributed by atoms with Crippen LogP contribution < -0.4 is 10.6 Å². The monoisotopic (exact) mass is 430 g/mol. The zero-order chi connectivity index (χ0) is 22.6. The minimum absolute atomic E-state index is 0.0213. The topological polar surface area (TPSA) is 123 Å². The van der Waals surface area contributed by atoms with Gasteiger partial charge in [-0.1, -0.05) is 39.0 Å². The third-order valence-electron chi connectivity index (χ3n) is 5.26. The van der Waals surface area contributed by atoms with Crippen LogP contribution in [0.4, 0.5) is 0 Å². The first-order chi connectivity index (χ1) is 14.7. The molecule has 1 aliphatic heterocycles. The number of aliphatic hydroxyl groups is 1. The number of aliphatic hydroxyl groups excluding tert-OH is 1. The fraction of sp³-hybridized carbons (Fsp3) is 0.545. The van der Waals surface area contributed by atoms with Gasteiger partial charge in [0.25, 0.3) is 5.91 Å². The SMILES string of the molecule is CC(C)(C)[C@H](NC(=O)c1nn(C[C@H]2CCC(=O)O2)c2ccccc12)C(=O)NCCCO. The molecule has 0 aliphatic carbocycles. The van der Waals surface area contributed by atoms with Gasteiger partial charge in [0, 0.05) is 25.0 Å². The van der Waals surface area contributed by atoms with Crippen molar-refractivity contribution >= 4 is 28.7 Å². The highest BCUT2D eigenvalue weighted by atomic mass is 16.5. The van der Waals surface area contributed by atoms with Crippen molar-refractivity contribution in [1.29, 1.82) is 0 Å². The number of amides is 2. The molecule has 9 nitrogen and oxygen atoms in total.